The van der Waals surface area contributed by atoms with Crippen molar-refractivity contribution >= 4 is 23.5 Å². The molecule has 0 atom stereocenters. The fourth-order valence-corrected chi connectivity index (χ4v) is 2.47. The smallest absolute Gasteiger partial charge is 0.339 e. The molecular weight excluding hydrogens is 343 g/mol. The van der Waals surface area contributed by atoms with Gasteiger partial charge in [-0.05, 0) is 36.4 Å². The van der Waals surface area contributed by atoms with Crippen LogP contribution in [0.3, 0.4) is 0 Å². The Hall–Kier alpha value is -3.42. The number of carbonyl (C=O) groups excluding carboxylic acids is 3. The Morgan fingerprint density at radius 1 is 0.962 bits per heavy atom. The van der Waals surface area contributed by atoms with E-state index in [1.165, 1.54) is 37.4 Å². The lowest BCUT2D eigenvalue weighted by Gasteiger charge is -2.16. The van der Waals surface area contributed by atoms with Gasteiger partial charge < -0.3 is 9.47 Å². The summed E-state index contributed by atoms with van der Waals surface area (Å²) in [4.78, 5) is 38.2. The molecule has 0 aliphatic carbocycles. The lowest BCUT2D eigenvalue weighted by Crippen LogP contribution is -2.36. The van der Waals surface area contributed by atoms with Gasteiger partial charge >= 0.3 is 17.8 Å². The molecule has 0 unspecified atom stereocenters. The Morgan fingerprint density at radius 2 is 1.65 bits per heavy atom. The Labute approximate surface area is 148 Å². The fraction of sp³-hybridized carbons (Fsp3) is 0.167. The molecule has 0 saturated carbocycles. The summed E-state index contributed by atoms with van der Waals surface area (Å²) in [5.41, 5.74) is 0.256. The minimum atomic E-state index is -0.956. The Morgan fingerprint density at radius 3 is 2.31 bits per heavy atom. The van der Waals surface area contributed by atoms with E-state index in [1.54, 1.807) is 18.2 Å². The van der Waals surface area contributed by atoms with Crippen LogP contribution in [-0.2, 0) is 9.59 Å². The first-order chi connectivity index (χ1) is 12.5. The van der Waals surface area contributed by atoms with E-state index in [0.717, 1.165) is 9.80 Å². The molecule has 0 aromatic heterocycles. The van der Waals surface area contributed by atoms with Crippen molar-refractivity contribution in [3.8, 4) is 11.5 Å². The first-order valence-corrected chi connectivity index (χ1v) is 7.74. The second-order valence-electron chi connectivity index (χ2n) is 5.36. The third kappa shape index (κ3) is 3.21. The monoisotopic (exact) mass is 358 g/mol. The van der Waals surface area contributed by atoms with E-state index in [9.17, 15) is 18.8 Å². The molecule has 8 heteroatoms. The number of rotatable bonds is 6. The van der Waals surface area contributed by atoms with Crippen LogP contribution in [0.15, 0.2) is 48.5 Å². The minimum absolute atomic E-state index is 0.00457. The van der Waals surface area contributed by atoms with Crippen molar-refractivity contribution in [2.24, 2.45) is 0 Å². The molecule has 3 rings (SSSR count). The van der Waals surface area contributed by atoms with Crippen molar-refractivity contribution in [1.82, 2.24) is 4.90 Å². The molecule has 0 bridgehead atoms. The molecule has 2 aromatic rings. The van der Waals surface area contributed by atoms with Crippen LogP contribution < -0.4 is 14.4 Å². The lowest BCUT2D eigenvalue weighted by molar-refractivity contribution is -0.139. The van der Waals surface area contributed by atoms with E-state index in [-0.39, 0.29) is 24.6 Å². The number of hydrogen-bond acceptors (Lipinski definition) is 5. The number of methoxy groups -OCH3 is 1. The largest absolute Gasteiger partial charge is 0.497 e. The zero-order valence-electron chi connectivity index (χ0n) is 13.8. The molecule has 1 aliphatic heterocycles. The second-order valence-corrected chi connectivity index (χ2v) is 5.36. The maximum atomic E-state index is 13.5. The molecule has 1 aliphatic rings. The highest BCUT2D eigenvalue weighted by molar-refractivity contribution is 6.52. The van der Waals surface area contributed by atoms with Crippen LogP contribution in [0.4, 0.5) is 14.9 Å². The standard InChI is InChI=1S/C18H15FN2O5/c1-25-13-8-6-12(7-9-13)21-17(23)16(22)20(18(21)24)10-11-26-15-5-3-2-4-14(15)19/h2-9H,10-11H2,1H3. The van der Waals surface area contributed by atoms with Crippen LogP contribution in [0.2, 0.25) is 0 Å². The molecule has 1 fully saturated rings. The van der Waals surface area contributed by atoms with Crippen LogP contribution >= 0.6 is 0 Å². The normalized spacial score (nSPS) is 14.2. The van der Waals surface area contributed by atoms with Crippen molar-refractivity contribution in [2.45, 2.75) is 0 Å². The van der Waals surface area contributed by atoms with Crippen LogP contribution in [0.1, 0.15) is 0 Å². The zero-order chi connectivity index (χ0) is 18.7. The number of carbonyl (C=O) groups is 3. The molecule has 1 heterocycles. The summed E-state index contributed by atoms with van der Waals surface area (Å²) < 4.78 is 23.8. The van der Waals surface area contributed by atoms with Crippen molar-refractivity contribution in [2.75, 3.05) is 25.2 Å². The number of para-hydroxylation sites is 1. The predicted molar refractivity (Wildman–Crippen MR) is 89.5 cm³/mol. The summed E-state index contributed by atoms with van der Waals surface area (Å²) in [6, 6.07) is 11.1. The Kier molecular flexibility index (Phi) is 4.83. The molecule has 134 valence electrons. The summed E-state index contributed by atoms with van der Waals surface area (Å²) in [7, 11) is 1.49. The first-order valence-electron chi connectivity index (χ1n) is 7.74. The highest BCUT2D eigenvalue weighted by atomic mass is 19.1. The summed E-state index contributed by atoms with van der Waals surface area (Å²) >= 11 is 0. The third-order valence-electron chi connectivity index (χ3n) is 3.79. The predicted octanol–water partition coefficient (Wildman–Crippen LogP) is 2.21. The SMILES string of the molecule is COc1ccc(N2C(=O)C(=O)N(CCOc3ccccc3F)C2=O)cc1. The van der Waals surface area contributed by atoms with Gasteiger partial charge in [0.05, 0.1) is 19.3 Å². The number of halogens is 1. The number of hydrogen-bond donors (Lipinski definition) is 0. The van der Waals surface area contributed by atoms with E-state index in [2.05, 4.69) is 0 Å². The number of imide groups is 2. The highest BCUT2D eigenvalue weighted by Crippen LogP contribution is 2.24. The molecule has 7 nitrogen and oxygen atoms in total. The number of urea groups is 1. The molecule has 0 spiro atoms. The van der Waals surface area contributed by atoms with Crippen molar-refractivity contribution < 1.29 is 28.2 Å². The maximum Gasteiger partial charge on any atom is 0.339 e. The van der Waals surface area contributed by atoms with E-state index >= 15 is 0 Å². The van der Waals surface area contributed by atoms with Gasteiger partial charge in [0.15, 0.2) is 11.6 Å². The Bertz CT molecular complexity index is 853. The van der Waals surface area contributed by atoms with Gasteiger partial charge in [0.2, 0.25) is 0 Å². The summed E-state index contributed by atoms with van der Waals surface area (Å²) in [5, 5.41) is 0. The third-order valence-corrected chi connectivity index (χ3v) is 3.79. The van der Waals surface area contributed by atoms with Gasteiger partial charge in [-0.15, -0.1) is 0 Å². The minimum Gasteiger partial charge on any atom is -0.497 e. The van der Waals surface area contributed by atoms with E-state index in [0.29, 0.717) is 5.75 Å². The van der Waals surface area contributed by atoms with Crippen molar-refractivity contribution in [3.05, 3.63) is 54.3 Å². The molecule has 0 radical (unpaired) electrons. The maximum absolute atomic E-state index is 13.5. The van der Waals surface area contributed by atoms with Gasteiger partial charge in [-0.3, -0.25) is 14.5 Å². The summed E-state index contributed by atoms with van der Waals surface area (Å²) in [6.45, 7) is -0.313. The van der Waals surface area contributed by atoms with Crippen molar-refractivity contribution in [3.63, 3.8) is 0 Å². The van der Waals surface area contributed by atoms with E-state index in [1.807, 2.05) is 0 Å². The van der Waals surface area contributed by atoms with E-state index in [4.69, 9.17) is 9.47 Å². The first kappa shape index (κ1) is 17.4. The molecule has 1 saturated heterocycles. The van der Waals surface area contributed by atoms with Gasteiger partial charge in [0.1, 0.15) is 12.4 Å². The molecule has 26 heavy (non-hydrogen) atoms. The number of anilines is 1. The van der Waals surface area contributed by atoms with Gasteiger partial charge in [-0.2, -0.15) is 0 Å². The van der Waals surface area contributed by atoms with Gasteiger partial charge in [-0.25, -0.2) is 14.1 Å². The number of amides is 4. The number of benzene rings is 2. The number of ether oxygens (including phenoxy) is 2. The summed E-state index contributed by atoms with van der Waals surface area (Å²) in [6.07, 6.45) is 0. The Balaban J connectivity index is 1.69. The molecule has 4 amide bonds. The summed E-state index contributed by atoms with van der Waals surface area (Å²) in [5.74, 6) is -1.91. The fourth-order valence-electron chi connectivity index (χ4n) is 2.47. The molecule has 2 aromatic carbocycles. The van der Waals surface area contributed by atoms with Crippen LogP contribution in [-0.4, -0.2) is 43.0 Å². The van der Waals surface area contributed by atoms with E-state index < -0.39 is 23.7 Å². The highest BCUT2D eigenvalue weighted by Gasteiger charge is 2.45. The molecule has 0 N–H and O–H groups in total. The topological polar surface area (TPSA) is 76.2 Å². The zero-order valence-corrected chi connectivity index (χ0v) is 13.8. The second kappa shape index (κ2) is 7.22. The molecular formula is C18H15FN2O5. The number of nitrogens with zero attached hydrogens (tertiary/aromatic N) is 2. The van der Waals surface area contributed by atoms with Gasteiger partial charge in [0.25, 0.3) is 0 Å². The van der Waals surface area contributed by atoms with Gasteiger partial charge in [-0.1, -0.05) is 12.1 Å². The average Bonchev–Trinajstić information content (AvgIpc) is 2.86. The quantitative estimate of drug-likeness (QED) is 0.585. The van der Waals surface area contributed by atoms with Gasteiger partial charge in [0, 0.05) is 0 Å². The van der Waals surface area contributed by atoms with Crippen LogP contribution in [0.25, 0.3) is 0 Å². The lowest BCUT2D eigenvalue weighted by atomic mass is 10.3. The van der Waals surface area contributed by atoms with Crippen molar-refractivity contribution in [1.29, 1.82) is 0 Å². The average molecular weight is 358 g/mol. The van der Waals surface area contributed by atoms with Crippen LogP contribution in [0, 0.1) is 5.82 Å². The van der Waals surface area contributed by atoms with Crippen LogP contribution in [0.5, 0.6) is 11.5 Å².